The summed E-state index contributed by atoms with van der Waals surface area (Å²) in [6, 6.07) is 23.2. The molecule has 3 aromatic rings. The first-order valence-corrected chi connectivity index (χ1v) is 13.2. The van der Waals surface area contributed by atoms with Crippen molar-refractivity contribution in [1.29, 1.82) is 0 Å². The van der Waals surface area contributed by atoms with E-state index < -0.39 is 0 Å². The van der Waals surface area contributed by atoms with E-state index in [1.165, 1.54) is 7.11 Å². The summed E-state index contributed by atoms with van der Waals surface area (Å²) < 4.78 is 5.44. The molecule has 0 aromatic heterocycles. The monoisotopic (exact) mass is 530 g/mol. The Morgan fingerprint density at radius 3 is 2.54 bits per heavy atom. The van der Waals surface area contributed by atoms with E-state index in [9.17, 15) is 14.7 Å². The number of carbonyl (C=O) groups is 2. The normalized spacial score (nSPS) is 15.5. The first-order chi connectivity index (χ1) is 19.1. The molecule has 5 rings (SSSR count). The van der Waals surface area contributed by atoms with E-state index in [0.717, 1.165) is 48.4 Å². The van der Waals surface area contributed by atoms with Crippen LogP contribution in [0.2, 0.25) is 0 Å². The Bertz CT molecular complexity index is 1290. The Balaban J connectivity index is 1.31. The number of hydrogen-bond acceptors (Lipinski definition) is 7. The maximum Gasteiger partial charge on any atom is 0.414 e. The van der Waals surface area contributed by atoms with Crippen LogP contribution in [0.15, 0.2) is 72.8 Å². The van der Waals surface area contributed by atoms with E-state index >= 15 is 0 Å². The third-order valence-corrected chi connectivity index (χ3v) is 7.30. The first kappa shape index (κ1) is 26.5. The highest BCUT2D eigenvalue weighted by atomic mass is 16.6. The van der Waals surface area contributed by atoms with Gasteiger partial charge in [0.15, 0.2) is 0 Å². The summed E-state index contributed by atoms with van der Waals surface area (Å²) in [6.07, 6.45) is 1.26. The van der Waals surface area contributed by atoms with Crippen molar-refractivity contribution >= 4 is 29.1 Å². The predicted octanol–water partition coefficient (Wildman–Crippen LogP) is 4.42. The number of aliphatic hydroxyl groups excluding tert-OH is 1. The third-order valence-electron chi connectivity index (χ3n) is 7.30. The summed E-state index contributed by atoms with van der Waals surface area (Å²) in [5.74, 6) is -0.167. The molecule has 1 saturated heterocycles. The van der Waals surface area contributed by atoms with Crippen LogP contribution in [0.3, 0.4) is 0 Å². The second kappa shape index (κ2) is 12.2. The molecule has 3 aromatic carbocycles. The van der Waals surface area contributed by atoms with Gasteiger partial charge >= 0.3 is 6.09 Å². The van der Waals surface area contributed by atoms with Gasteiger partial charge < -0.3 is 19.6 Å². The smallest absolute Gasteiger partial charge is 0.414 e. The number of para-hydroxylation sites is 1. The SMILES string of the molecule is CONc1cc(C(=O)N(CCO)Cc2ccccc2)ccc1N1CCC(N2C(=O)OCc3ccccc32)CC1. The van der Waals surface area contributed by atoms with Crippen LogP contribution >= 0.6 is 0 Å². The van der Waals surface area contributed by atoms with Gasteiger partial charge in [0.05, 0.1) is 30.8 Å². The number of nitrogens with zero attached hydrogens (tertiary/aromatic N) is 3. The lowest BCUT2D eigenvalue weighted by molar-refractivity contribution is 0.0708. The molecular weight excluding hydrogens is 496 g/mol. The number of fused-ring (bicyclic) bond motifs is 1. The van der Waals surface area contributed by atoms with E-state index in [2.05, 4.69) is 10.4 Å². The lowest BCUT2D eigenvalue weighted by Crippen LogP contribution is -2.49. The van der Waals surface area contributed by atoms with E-state index in [1.807, 2.05) is 66.7 Å². The van der Waals surface area contributed by atoms with Crippen LogP contribution in [0, 0.1) is 0 Å². The van der Waals surface area contributed by atoms with Crippen LogP contribution in [0.25, 0.3) is 0 Å². The Morgan fingerprint density at radius 1 is 1.05 bits per heavy atom. The molecule has 39 heavy (non-hydrogen) atoms. The number of piperidine rings is 1. The van der Waals surface area contributed by atoms with Crippen molar-refractivity contribution in [3.8, 4) is 0 Å². The van der Waals surface area contributed by atoms with Gasteiger partial charge in [-0.2, -0.15) is 0 Å². The molecule has 9 heteroatoms. The number of nitrogens with one attached hydrogen (secondary N) is 1. The Labute approximate surface area is 228 Å². The number of benzene rings is 3. The number of anilines is 3. The zero-order valence-electron chi connectivity index (χ0n) is 22.1. The number of hydrogen-bond donors (Lipinski definition) is 2. The van der Waals surface area contributed by atoms with E-state index in [0.29, 0.717) is 24.4 Å². The van der Waals surface area contributed by atoms with Gasteiger partial charge in [0.1, 0.15) is 6.61 Å². The number of cyclic esters (lactones) is 1. The predicted molar refractivity (Wildman–Crippen MR) is 150 cm³/mol. The fraction of sp³-hybridized carbons (Fsp3) is 0.333. The van der Waals surface area contributed by atoms with Gasteiger partial charge in [0.25, 0.3) is 5.91 Å². The molecule has 0 aliphatic carbocycles. The summed E-state index contributed by atoms with van der Waals surface area (Å²) in [6.45, 7) is 2.29. The van der Waals surface area contributed by atoms with Crippen molar-refractivity contribution in [2.75, 3.05) is 48.6 Å². The molecule has 0 atom stereocenters. The first-order valence-electron chi connectivity index (χ1n) is 13.2. The standard InChI is InChI=1S/C30H34N4O5/c1-38-31-26-19-23(29(36)33(17-18-35)20-22-7-3-2-4-8-22)11-12-28(26)32-15-13-25(14-16-32)34-27-10-6-5-9-24(27)21-39-30(34)37/h2-12,19,25,31,35H,13-18,20-21H2,1H3. The van der Waals surface area contributed by atoms with Crippen molar-refractivity contribution in [2.24, 2.45) is 0 Å². The minimum atomic E-state index is -0.292. The van der Waals surface area contributed by atoms with Crippen LogP contribution in [-0.4, -0.2) is 61.4 Å². The average molecular weight is 531 g/mol. The van der Waals surface area contributed by atoms with Crippen molar-refractivity contribution in [1.82, 2.24) is 4.90 Å². The molecule has 2 amide bonds. The van der Waals surface area contributed by atoms with Crippen LogP contribution in [0.4, 0.5) is 21.9 Å². The molecule has 0 spiro atoms. The molecule has 1 fully saturated rings. The molecule has 2 aliphatic heterocycles. The maximum absolute atomic E-state index is 13.4. The summed E-state index contributed by atoms with van der Waals surface area (Å²) in [4.78, 5) is 37.0. The van der Waals surface area contributed by atoms with Crippen LogP contribution in [-0.2, 0) is 22.7 Å². The van der Waals surface area contributed by atoms with Crippen molar-refractivity contribution in [2.45, 2.75) is 32.0 Å². The lowest BCUT2D eigenvalue weighted by atomic mass is 9.99. The highest BCUT2D eigenvalue weighted by Gasteiger charge is 2.34. The molecule has 9 nitrogen and oxygen atoms in total. The number of amides is 2. The van der Waals surface area contributed by atoms with Crippen LogP contribution in [0.5, 0.6) is 0 Å². The quantitative estimate of drug-likeness (QED) is 0.396. The summed E-state index contributed by atoms with van der Waals surface area (Å²) in [5, 5.41) is 9.58. The fourth-order valence-electron chi connectivity index (χ4n) is 5.38. The Morgan fingerprint density at radius 2 is 1.79 bits per heavy atom. The molecule has 0 radical (unpaired) electrons. The van der Waals surface area contributed by atoms with Crippen LogP contribution in [0.1, 0.15) is 34.3 Å². The van der Waals surface area contributed by atoms with Crippen molar-refractivity contribution in [3.63, 3.8) is 0 Å². The van der Waals surface area contributed by atoms with Gasteiger partial charge in [-0.25, -0.2) is 4.79 Å². The molecule has 0 unspecified atom stereocenters. The van der Waals surface area contributed by atoms with Gasteiger partial charge in [0.2, 0.25) is 0 Å². The highest BCUT2D eigenvalue weighted by molar-refractivity contribution is 5.96. The third kappa shape index (κ3) is 5.84. The molecule has 0 bridgehead atoms. The topological polar surface area (TPSA) is 94.6 Å². The summed E-state index contributed by atoms with van der Waals surface area (Å²) >= 11 is 0. The van der Waals surface area contributed by atoms with Crippen LogP contribution < -0.4 is 15.3 Å². The molecule has 204 valence electrons. The van der Waals surface area contributed by atoms with E-state index in [-0.39, 0.29) is 31.2 Å². The molecular formula is C30H34N4O5. The molecule has 2 N–H and O–H groups in total. The van der Waals surface area contributed by atoms with Gasteiger partial charge in [-0.1, -0.05) is 48.5 Å². The van der Waals surface area contributed by atoms with Crippen molar-refractivity contribution < 1.29 is 24.3 Å². The largest absolute Gasteiger partial charge is 0.444 e. The second-order valence-electron chi connectivity index (χ2n) is 9.75. The number of rotatable bonds is 9. The number of aliphatic hydroxyl groups is 1. The minimum Gasteiger partial charge on any atom is -0.444 e. The van der Waals surface area contributed by atoms with E-state index in [4.69, 9.17) is 9.57 Å². The zero-order valence-corrected chi connectivity index (χ0v) is 22.1. The fourth-order valence-corrected chi connectivity index (χ4v) is 5.38. The van der Waals surface area contributed by atoms with Gasteiger partial charge in [-0.3, -0.25) is 20.0 Å². The van der Waals surface area contributed by atoms with E-state index in [1.54, 1.807) is 15.9 Å². The Kier molecular flexibility index (Phi) is 8.29. The summed E-state index contributed by atoms with van der Waals surface area (Å²) in [5.41, 5.74) is 8.00. The molecule has 2 aliphatic rings. The van der Waals surface area contributed by atoms with Gasteiger partial charge in [-0.15, -0.1) is 0 Å². The zero-order chi connectivity index (χ0) is 27.2. The Hall–Kier alpha value is -4.08. The summed E-state index contributed by atoms with van der Waals surface area (Å²) in [7, 11) is 1.54. The minimum absolute atomic E-state index is 0.0416. The molecule has 2 heterocycles. The van der Waals surface area contributed by atoms with Gasteiger partial charge in [-0.05, 0) is 42.7 Å². The average Bonchev–Trinajstić information content (AvgIpc) is 2.97. The van der Waals surface area contributed by atoms with Crippen molar-refractivity contribution in [3.05, 3.63) is 89.5 Å². The maximum atomic E-state index is 13.4. The highest BCUT2D eigenvalue weighted by Crippen LogP contribution is 2.35. The lowest BCUT2D eigenvalue weighted by Gasteiger charge is -2.41. The molecule has 0 saturated carbocycles. The number of carbonyl (C=O) groups excluding carboxylic acids is 2. The number of ether oxygens (including phenoxy) is 1. The van der Waals surface area contributed by atoms with Gasteiger partial charge in [0, 0.05) is 43.3 Å². The second-order valence-corrected chi connectivity index (χ2v) is 9.75.